The van der Waals surface area contributed by atoms with Crippen molar-refractivity contribution in [3.8, 4) is 21.9 Å². The highest BCUT2D eigenvalue weighted by molar-refractivity contribution is 7.15. The minimum absolute atomic E-state index is 0.0985. The molecule has 0 radical (unpaired) electrons. The van der Waals surface area contributed by atoms with Crippen molar-refractivity contribution >= 4 is 17.4 Å². The lowest BCUT2D eigenvalue weighted by atomic mass is 10.1. The summed E-state index contributed by atoms with van der Waals surface area (Å²) < 4.78 is 26.3. The molecule has 162 valence electrons. The van der Waals surface area contributed by atoms with E-state index < -0.39 is 6.09 Å². The minimum Gasteiger partial charge on any atom is -0.465 e. The molecule has 1 amide bonds. The van der Waals surface area contributed by atoms with E-state index in [-0.39, 0.29) is 37.5 Å². The number of aromatic nitrogens is 3. The van der Waals surface area contributed by atoms with E-state index in [9.17, 15) is 14.0 Å². The highest BCUT2D eigenvalue weighted by atomic mass is 32.1. The van der Waals surface area contributed by atoms with Crippen LogP contribution in [0, 0.1) is 0 Å². The molecule has 9 nitrogen and oxygen atoms in total. The lowest BCUT2D eigenvalue weighted by Crippen LogP contribution is -2.29. The molecule has 0 atom stereocenters. The van der Waals surface area contributed by atoms with Gasteiger partial charge >= 0.3 is 11.8 Å². The van der Waals surface area contributed by atoms with Crippen molar-refractivity contribution in [3.63, 3.8) is 0 Å². The van der Waals surface area contributed by atoms with E-state index in [1.54, 1.807) is 11.3 Å². The Labute approximate surface area is 180 Å². The molecule has 3 heterocycles. The second-order valence-corrected chi connectivity index (χ2v) is 7.94. The Bertz CT molecular complexity index is 1180. The number of ether oxygens (including phenoxy) is 2. The lowest BCUT2D eigenvalue weighted by Gasteiger charge is -2.05. The SMILES string of the molecule is O=C(O)NC/C(=C\F)Cn1ncn(CCc2ccc(-c3ccc4c(c3)OCO4)s2)c1=O. The molecule has 2 aromatic heterocycles. The Morgan fingerprint density at radius 2 is 2.13 bits per heavy atom. The summed E-state index contributed by atoms with van der Waals surface area (Å²) in [5, 5.41) is 14.7. The third kappa shape index (κ3) is 4.77. The molecule has 0 fully saturated rings. The number of benzene rings is 1. The lowest BCUT2D eigenvalue weighted by molar-refractivity contribution is 0.174. The van der Waals surface area contributed by atoms with Crippen LogP contribution in [-0.4, -0.2) is 38.9 Å². The number of carbonyl (C=O) groups is 1. The van der Waals surface area contributed by atoms with Gasteiger partial charge < -0.3 is 19.9 Å². The highest BCUT2D eigenvalue weighted by Gasteiger charge is 2.15. The van der Waals surface area contributed by atoms with Crippen LogP contribution in [0.4, 0.5) is 9.18 Å². The van der Waals surface area contributed by atoms with Crippen LogP contribution in [0.5, 0.6) is 11.5 Å². The van der Waals surface area contributed by atoms with Gasteiger partial charge in [-0.2, -0.15) is 5.10 Å². The normalized spacial score (nSPS) is 12.9. The first-order valence-corrected chi connectivity index (χ1v) is 10.2. The standard InChI is InChI=1S/C20H19FN4O5S/c21-8-13(9-22-19(26)27)10-25-20(28)24(11-23-25)6-5-15-2-4-18(31-15)14-1-3-16-17(7-14)30-12-29-16/h1-4,7-8,11,22H,5-6,9-10,12H2,(H,26,27)/b13-8+. The number of amides is 1. The van der Waals surface area contributed by atoms with Crippen LogP contribution < -0.4 is 20.5 Å². The fraction of sp³-hybridized carbons (Fsp3) is 0.250. The topological polar surface area (TPSA) is 108 Å². The van der Waals surface area contributed by atoms with Crippen LogP contribution in [0.15, 0.2) is 53.4 Å². The van der Waals surface area contributed by atoms with Gasteiger partial charge in [0.1, 0.15) is 6.33 Å². The first kappa shape index (κ1) is 20.7. The summed E-state index contributed by atoms with van der Waals surface area (Å²) in [4.78, 5) is 25.2. The summed E-state index contributed by atoms with van der Waals surface area (Å²) in [6.07, 6.45) is 1.04. The van der Waals surface area contributed by atoms with Gasteiger partial charge in [0.15, 0.2) is 11.5 Å². The number of halogens is 1. The van der Waals surface area contributed by atoms with Crippen LogP contribution in [0.25, 0.3) is 10.4 Å². The molecule has 3 aromatic rings. The molecule has 31 heavy (non-hydrogen) atoms. The zero-order chi connectivity index (χ0) is 21.8. The second-order valence-electron chi connectivity index (χ2n) is 6.77. The molecule has 0 spiro atoms. The largest absolute Gasteiger partial charge is 0.465 e. The van der Waals surface area contributed by atoms with Gasteiger partial charge in [0.2, 0.25) is 6.79 Å². The highest BCUT2D eigenvalue weighted by Crippen LogP contribution is 2.38. The second kappa shape index (κ2) is 9.04. The van der Waals surface area contributed by atoms with Gasteiger partial charge in [-0.25, -0.2) is 18.7 Å². The van der Waals surface area contributed by atoms with Crippen molar-refractivity contribution in [2.45, 2.75) is 19.5 Å². The van der Waals surface area contributed by atoms with E-state index in [1.807, 2.05) is 30.3 Å². The Morgan fingerprint density at radius 1 is 1.29 bits per heavy atom. The van der Waals surface area contributed by atoms with Crippen LogP contribution in [0.2, 0.25) is 0 Å². The molecule has 1 aromatic carbocycles. The number of thiophene rings is 1. The molecule has 2 N–H and O–H groups in total. The molecule has 4 rings (SSSR count). The van der Waals surface area contributed by atoms with E-state index in [0.29, 0.717) is 13.0 Å². The monoisotopic (exact) mass is 446 g/mol. The summed E-state index contributed by atoms with van der Waals surface area (Å²) in [5.74, 6) is 1.47. The van der Waals surface area contributed by atoms with Crippen molar-refractivity contribution in [2.75, 3.05) is 13.3 Å². The number of hydrogen-bond donors (Lipinski definition) is 2. The third-order valence-corrected chi connectivity index (χ3v) is 5.88. The Hall–Kier alpha value is -3.60. The van der Waals surface area contributed by atoms with E-state index >= 15 is 0 Å². The van der Waals surface area contributed by atoms with Gasteiger partial charge in [0.05, 0.1) is 12.9 Å². The molecule has 0 aliphatic carbocycles. The zero-order valence-corrected chi connectivity index (χ0v) is 17.1. The molecule has 0 unspecified atom stereocenters. The van der Waals surface area contributed by atoms with Gasteiger partial charge in [-0.15, -0.1) is 11.3 Å². The van der Waals surface area contributed by atoms with Crippen molar-refractivity contribution in [1.82, 2.24) is 19.7 Å². The maximum Gasteiger partial charge on any atom is 0.404 e. The van der Waals surface area contributed by atoms with E-state index in [2.05, 4.69) is 10.4 Å². The third-order valence-electron chi connectivity index (χ3n) is 4.69. The molecule has 0 saturated heterocycles. The minimum atomic E-state index is -1.27. The average molecular weight is 446 g/mol. The molecule has 0 saturated carbocycles. The van der Waals surface area contributed by atoms with Crippen molar-refractivity contribution in [3.05, 3.63) is 63.9 Å². The summed E-state index contributed by atoms with van der Waals surface area (Å²) in [5.41, 5.74) is 0.745. The van der Waals surface area contributed by atoms with Crippen LogP contribution in [0.3, 0.4) is 0 Å². The maximum absolute atomic E-state index is 13.0. The summed E-state index contributed by atoms with van der Waals surface area (Å²) in [6.45, 7) is 0.302. The van der Waals surface area contributed by atoms with Gasteiger partial charge in [0.25, 0.3) is 0 Å². The number of nitrogens with one attached hydrogen (secondary N) is 1. The molecule has 1 aliphatic rings. The van der Waals surface area contributed by atoms with Crippen LogP contribution in [-0.2, 0) is 19.5 Å². The Kier molecular flexibility index (Phi) is 6.03. The van der Waals surface area contributed by atoms with Gasteiger partial charge in [-0.05, 0) is 47.9 Å². The number of carboxylic acid groups (broad SMARTS) is 1. The molecule has 0 bridgehead atoms. The fourth-order valence-electron chi connectivity index (χ4n) is 3.09. The van der Waals surface area contributed by atoms with E-state index in [4.69, 9.17) is 14.6 Å². The summed E-state index contributed by atoms with van der Waals surface area (Å²) >= 11 is 1.63. The molecule has 11 heteroatoms. The van der Waals surface area contributed by atoms with Crippen molar-refractivity contribution < 1.29 is 23.8 Å². The number of hydrogen-bond acceptors (Lipinski definition) is 6. The fourth-order valence-corrected chi connectivity index (χ4v) is 4.08. The Balaban J connectivity index is 1.38. The quantitative estimate of drug-likeness (QED) is 0.551. The first-order chi connectivity index (χ1) is 15.0. The van der Waals surface area contributed by atoms with Gasteiger partial charge in [-0.3, -0.25) is 4.57 Å². The van der Waals surface area contributed by atoms with E-state index in [1.165, 1.54) is 10.9 Å². The number of fused-ring (bicyclic) bond motifs is 1. The number of rotatable bonds is 8. The van der Waals surface area contributed by atoms with Crippen LogP contribution in [0.1, 0.15) is 4.88 Å². The average Bonchev–Trinajstić information content (AvgIpc) is 3.49. The predicted molar refractivity (Wildman–Crippen MR) is 111 cm³/mol. The molecular formula is C20H19FN4O5S. The summed E-state index contributed by atoms with van der Waals surface area (Å²) in [7, 11) is 0. The number of aryl methyl sites for hydroxylation is 2. The zero-order valence-electron chi connectivity index (χ0n) is 16.3. The van der Waals surface area contributed by atoms with E-state index in [0.717, 1.165) is 31.5 Å². The number of nitrogens with zero attached hydrogens (tertiary/aromatic N) is 3. The van der Waals surface area contributed by atoms with Crippen LogP contribution >= 0.6 is 11.3 Å². The molecule has 1 aliphatic heterocycles. The maximum atomic E-state index is 13.0. The summed E-state index contributed by atoms with van der Waals surface area (Å²) in [6, 6.07) is 9.85. The van der Waals surface area contributed by atoms with Gasteiger partial charge in [0, 0.05) is 22.8 Å². The molecular weight excluding hydrogens is 427 g/mol. The predicted octanol–water partition coefficient (Wildman–Crippen LogP) is 2.87. The van der Waals surface area contributed by atoms with Crippen molar-refractivity contribution in [1.29, 1.82) is 0 Å². The Morgan fingerprint density at radius 3 is 2.94 bits per heavy atom. The van der Waals surface area contributed by atoms with Crippen molar-refractivity contribution in [2.24, 2.45) is 0 Å². The smallest absolute Gasteiger partial charge is 0.404 e. The first-order valence-electron chi connectivity index (χ1n) is 9.39. The van der Waals surface area contributed by atoms with Gasteiger partial charge in [-0.1, -0.05) is 0 Å².